The number of benzene rings is 1. The van der Waals surface area contributed by atoms with Gasteiger partial charge in [0.15, 0.2) is 5.75 Å². The molecule has 0 aliphatic heterocycles. The summed E-state index contributed by atoms with van der Waals surface area (Å²) in [4.78, 5) is 8.38. The first-order valence-electron chi connectivity index (χ1n) is 5.47. The fourth-order valence-electron chi connectivity index (χ4n) is 1.56. The summed E-state index contributed by atoms with van der Waals surface area (Å²) in [6.07, 6.45) is 1.69. The van der Waals surface area contributed by atoms with Gasteiger partial charge in [0.05, 0.1) is 11.9 Å². The maximum atomic E-state index is 5.78. The van der Waals surface area contributed by atoms with E-state index in [0.717, 1.165) is 22.8 Å². The second kappa shape index (κ2) is 4.93. The van der Waals surface area contributed by atoms with Crippen molar-refractivity contribution in [1.29, 1.82) is 0 Å². The van der Waals surface area contributed by atoms with Crippen molar-refractivity contribution in [2.75, 3.05) is 0 Å². The van der Waals surface area contributed by atoms with E-state index in [1.165, 1.54) is 0 Å². The monoisotopic (exact) mass is 229 g/mol. The summed E-state index contributed by atoms with van der Waals surface area (Å²) in [5.74, 6) is 2.16. The van der Waals surface area contributed by atoms with Crippen LogP contribution in [0.15, 0.2) is 30.5 Å². The van der Waals surface area contributed by atoms with Gasteiger partial charge in [-0.15, -0.1) is 0 Å². The molecule has 0 spiro atoms. The maximum absolute atomic E-state index is 5.78. The second-order valence-corrected chi connectivity index (χ2v) is 3.78. The number of ether oxygens (including phenoxy) is 1. The SMILES string of the molecule is Cc1ncc(Oc2ccccc2CN)c(C)n1. The van der Waals surface area contributed by atoms with E-state index < -0.39 is 0 Å². The number of nitrogens with two attached hydrogens (primary N) is 1. The van der Waals surface area contributed by atoms with Crippen LogP contribution in [-0.4, -0.2) is 9.97 Å². The minimum Gasteiger partial charge on any atom is -0.453 e. The van der Waals surface area contributed by atoms with Gasteiger partial charge >= 0.3 is 0 Å². The van der Waals surface area contributed by atoms with E-state index in [4.69, 9.17) is 10.5 Å². The number of aryl methyl sites for hydroxylation is 2. The lowest BCUT2D eigenvalue weighted by Crippen LogP contribution is -2.01. The molecule has 1 aromatic carbocycles. The second-order valence-electron chi connectivity index (χ2n) is 3.78. The molecule has 0 saturated carbocycles. The Kier molecular flexibility index (Phi) is 3.35. The van der Waals surface area contributed by atoms with Crippen LogP contribution in [0, 0.1) is 13.8 Å². The van der Waals surface area contributed by atoms with E-state index in [0.29, 0.717) is 12.3 Å². The minimum absolute atomic E-state index is 0.446. The zero-order valence-corrected chi connectivity index (χ0v) is 9.97. The Hall–Kier alpha value is -1.94. The molecule has 0 fully saturated rings. The Balaban J connectivity index is 2.31. The Morgan fingerprint density at radius 1 is 1.18 bits per heavy atom. The summed E-state index contributed by atoms with van der Waals surface area (Å²) in [7, 11) is 0. The highest BCUT2D eigenvalue weighted by molar-refractivity contribution is 5.38. The van der Waals surface area contributed by atoms with E-state index in [1.807, 2.05) is 38.1 Å². The Labute approximate surface area is 100 Å². The topological polar surface area (TPSA) is 61.0 Å². The van der Waals surface area contributed by atoms with Crippen molar-refractivity contribution in [2.45, 2.75) is 20.4 Å². The summed E-state index contributed by atoms with van der Waals surface area (Å²) < 4.78 is 5.78. The number of rotatable bonds is 3. The zero-order valence-electron chi connectivity index (χ0n) is 9.97. The zero-order chi connectivity index (χ0) is 12.3. The Morgan fingerprint density at radius 2 is 1.94 bits per heavy atom. The van der Waals surface area contributed by atoms with Gasteiger partial charge in [-0.25, -0.2) is 9.97 Å². The van der Waals surface area contributed by atoms with Gasteiger partial charge in [0.25, 0.3) is 0 Å². The molecule has 1 aromatic heterocycles. The smallest absolute Gasteiger partial charge is 0.166 e. The van der Waals surface area contributed by atoms with Crippen molar-refractivity contribution in [1.82, 2.24) is 9.97 Å². The van der Waals surface area contributed by atoms with Crippen molar-refractivity contribution in [3.8, 4) is 11.5 Å². The predicted molar refractivity (Wildman–Crippen MR) is 65.9 cm³/mol. The molecule has 1 heterocycles. The average molecular weight is 229 g/mol. The van der Waals surface area contributed by atoms with Crippen molar-refractivity contribution in [3.05, 3.63) is 47.5 Å². The van der Waals surface area contributed by atoms with Crippen molar-refractivity contribution < 1.29 is 4.74 Å². The fraction of sp³-hybridized carbons (Fsp3) is 0.231. The molecular weight excluding hydrogens is 214 g/mol. The lowest BCUT2D eigenvalue weighted by atomic mass is 10.2. The molecule has 0 radical (unpaired) electrons. The first-order valence-corrected chi connectivity index (χ1v) is 5.47. The first-order chi connectivity index (χ1) is 8.20. The molecule has 4 nitrogen and oxygen atoms in total. The van der Waals surface area contributed by atoms with Gasteiger partial charge in [0, 0.05) is 12.1 Å². The largest absolute Gasteiger partial charge is 0.453 e. The molecule has 0 atom stereocenters. The molecule has 2 aromatic rings. The third kappa shape index (κ3) is 2.60. The molecule has 4 heteroatoms. The maximum Gasteiger partial charge on any atom is 0.166 e. The molecule has 0 saturated heterocycles. The predicted octanol–water partition coefficient (Wildman–Crippen LogP) is 2.34. The van der Waals surface area contributed by atoms with E-state index in [2.05, 4.69) is 9.97 Å². The van der Waals surface area contributed by atoms with Crippen LogP contribution >= 0.6 is 0 Å². The van der Waals surface area contributed by atoms with Gasteiger partial charge in [-0.3, -0.25) is 0 Å². The van der Waals surface area contributed by atoms with Gasteiger partial charge in [-0.2, -0.15) is 0 Å². The Morgan fingerprint density at radius 3 is 2.65 bits per heavy atom. The standard InChI is InChI=1S/C13H15N3O/c1-9-13(8-15-10(2)16-9)17-12-6-4-3-5-11(12)7-14/h3-6,8H,7,14H2,1-2H3. The van der Waals surface area contributed by atoms with Crippen LogP contribution < -0.4 is 10.5 Å². The number of para-hydroxylation sites is 1. The van der Waals surface area contributed by atoms with Gasteiger partial charge in [-0.1, -0.05) is 18.2 Å². The molecule has 17 heavy (non-hydrogen) atoms. The summed E-state index contributed by atoms with van der Waals surface area (Å²) in [5, 5.41) is 0. The summed E-state index contributed by atoms with van der Waals surface area (Å²) >= 11 is 0. The van der Waals surface area contributed by atoms with Crippen LogP contribution in [0.3, 0.4) is 0 Å². The highest BCUT2D eigenvalue weighted by Gasteiger charge is 2.06. The Bertz CT molecular complexity index is 526. The molecular formula is C13H15N3O. The van der Waals surface area contributed by atoms with Crippen LogP contribution in [0.4, 0.5) is 0 Å². The lowest BCUT2D eigenvalue weighted by molar-refractivity contribution is 0.466. The highest BCUT2D eigenvalue weighted by Crippen LogP contribution is 2.26. The normalized spacial score (nSPS) is 10.3. The minimum atomic E-state index is 0.446. The number of hydrogen-bond donors (Lipinski definition) is 1. The summed E-state index contributed by atoms with van der Waals surface area (Å²) in [5.41, 5.74) is 7.44. The molecule has 2 N–H and O–H groups in total. The van der Waals surface area contributed by atoms with Gasteiger partial charge in [0.2, 0.25) is 0 Å². The third-order valence-corrected chi connectivity index (χ3v) is 2.47. The lowest BCUT2D eigenvalue weighted by Gasteiger charge is -2.11. The fourth-order valence-corrected chi connectivity index (χ4v) is 1.56. The van der Waals surface area contributed by atoms with E-state index in [-0.39, 0.29) is 0 Å². The van der Waals surface area contributed by atoms with E-state index in [9.17, 15) is 0 Å². The average Bonchev–Trinajstić information content (AvgIpc) is 2.33. The van der Waals surface area contributed by atoms with Crippen LogP contribution in [0.1, 0.15) is 17.1 Å². The quantitative estimate of drug-likeness (QED) is 0.877. The van der Waals surface area contributed by atoms with Crippen LogP contribution in [-0.2, 0) is 6.54 Å². The molecule has 0 aliphatic carbocycles. The van der Waals surface area contributed by atoms with Crippen molar-refractivity contribution in [2.24, 2.45) is 5.73 Å². The number of aromatic nitrogens is 2. The summed E-state index contributed by atoms with van der Waals surface area (Å²) in [6, 6.07) is 7.69. The molecule has 2 rings (SSSR count). The van der Waals surface area contributed by atoms with E-state index >= 15 is 0 Å². The van der Waals surface area contributed by atoms with Crippen LogP contribution in [0.5, 0.6) is 11.5 Å². The molecule has 0 bridgehead atoms. The number of nitrogens with zero attached hydrogens (tertiary/aromatic N) is 2. The first kappa shape index (κ1) is 11.5. The van der Waals surface area contributed by atoms with E-state index in [1.54, 1.807) is 6.20 Å². The molecule has 0 unspecified atom stereocenters. The van der Waals surface area contributed by atoms with Crippen LogP contribution in [0.25, 0.3) is 0 Å². The third-order valence-electron chi connectivity index (χ3n) is 2.47. The van der Waals surface area contributed by atoms with Crippen LogP contribution in [0.2, 0.25) is 0 Å². The number of hydrogen-bond acceptors (Lipinski definition) is 4. The van der Waals surface area contributed by atoms with Crippen molar-refractivity contribution in [3.63, 3.8) is 0 Å². The van der Waals surface area contributed by atoms with Gasteiger partial charge in [-0.05, 0) is 19.9 Å². The molecule has 88 valence electrons. The highest BCUT2D eigenvalue weighted by atomic mass is 16.5. The molecule has 0 amide bonds. The van der Waals surface area contributed by atoms with Gasteiger partial charge in [0.1, 0.15) is 11.6 Å². The summed E-state index contributed by atoms with van der Waals surface area (Å²) in [6.45, 7) is 4.20. The van der Waals surface area contributed by atoms with Crippen molar-refractivity contribution >= 4 is 0 Å². The van der Waals surface area contributed by atoms with Gasteiger partial charge < -0.3 is 10.5 Å². The molecule has 0 aliphatic rings.